The molecule has 1 aromatic carbocycles. The molecule has 0 aliphatic carbocycles. The first kappa shape index (κ1) is 20.7. The number of carbonyl (C=O) groups is 1. The van der Waals surface area contributed by atoms with Crippen molar-refractivity contribution in [3.63, 3.8) is 0 Å². The molecule has 2 rings (SSSR count). The van der Waals surface area contributed by atoms with Crippen molar-refractivity contribution >= 4 is 36.6 Å². The Morgan fingerprint density at radius 2 is 2.00 bits per heavy atom. The minimum absolute atomic E-state index is 0.0653. The predicted molar refractivity (Wildman–Crippen MR) is 110 cm³/mol. The average molecular weight is 384 g/mol. The Morgan fingerprint density at radius 1 is 1.37 bits per heavy atom. The van der Waals surface area contributed by atoms with Crippen LogP contribution in [0.25, 0.3) is 0 Å². The lowest BCUT2D eigenvalue weighted by Crippen LogP contribution is -2.52. The number of hydrogen-bond acceptors (Lipinski definition) is 5. The Labute approximate surface area is 166 Å². The number of aromatic nitrogens is 2. The Morgan fingerprint density at radius 3 is 2.56 bits per heavy atom. The van der Waals surface area contributed by atoms with Crippen molar-refractivity contribution in [3.05, 3.63) is 46.9 Å². The minimum atomic E-state index is -0.779. The van der Waals surface area contributed by atoms with E-state index in [4.69, 9.17) is 16.9 Å². The number of hydrazine groups is 1. The van der Waals surface area contributed by atoms with E-state index in [1.165, 1.54) is 0 Å². The number of nitrogens with zero attached hydrogens (tertiary/aromatic N) is 4. The fraction of sp³-hybridized carbons (Fsp3) is 0.368. The van der Waals surface area contributed by atoms with Gasteiger partial charge in [0.15, 0.2) is 0 Å². The van der Waals surface area contributed by atoms with Gasteiger partial charge in [-0.2, -0.15) is 5.26 Å². The van der Waals surface area contributed by atoms with Crippen molar-refractivity contribution in [1.29, 1.82) is 5.26 Å². The van der Waals surface area contributed by atoms with Crippen LogP contribution in [0.3, 0.4) is 0 Å². The fourth-order valence-electron chi connectivity index (χ4n) is 2.57. The fourth-order valence-corrected chi connectivity index (χ4v) is 2.70. The zero-order valence-corrected chi connectivity index (χ0v) is 17.0. The van der Waals surface area contributed by atoms with Crippen LogP contribution >= 0.6 is 11.6 Å². The average Bonchev–Trinajstić information content (AvgIpc) is 2.61. The first-order chi connectivity index (χ1) is 12.6. The summed E-state index contributed by atoms with van der Waals surface area (Å²) >= 11 is 5.96. The quantitative estimate of drug-likeness (QED) is 0.607. The molecule has 0 saturated carbocycles. The lowest BCUT2D eigenvalue weighted by Gasteiger charge is -2.32. The Kier molecular flexibility index (Phi) is 6.45. The van der Waals surface area contributed by atoms with Crippen LogP contribution in [0.4, 0.5) is 5.82 Å². The molecule has 1 amide bonds. The van der Waals surface area contributed by atoms with Crippen LogP contribution in [0, 0.1) is 17.2 Å². The summed E-state index contributed by atoms with van der Waals surface area (Å²) < 4.78 is 0. The first-order valence-electron chi connectivity index (χ1n) is 8.73. The molecule has 1 N–H and O–H groups in total. The van der Waals surface area contributed by atoms with Gasteiger partial charge in [0.05, 0.1) is 5.41 Å². The molecule has 27 heavy (non-hydrogen) atoms. The summed E-state index contributed by atoms with van der Waals surface area (Å²) in [6.07, 6.45) is 1.59. The van der Waals surface area contributed by atoms with Gasteiger partial charge in [0.2, 0.25) is 11.7 Å². The lowest BCUT2D eigenvalue weighted by atomic mass is 9.84. The molecule has 0 spiro atoms. The Balaban J connectivity index is 2.34. The summed E-state index contributed by atoms with van der Waals surface area (Å²) in [5.74, 6) is 0.678. The summed E-state index contributed by atoms with van der Waals surface area (Å²) in [6, 6.07) is 9.17. The zero-order valence-electron chi connectivity index (χ0n) is 16.2. The van der Waals surface area contributed by atoms with E-state index in [9.17, 15) is 4.79 Å². The van der Waals surface area contributed by atoms with Crippen LogP contribution in [-0.4, -0.2) is 30.3 Å². The van der Waals surface area contributed by atoms with E-state index in [2.05, 4.69) is 15.4 Å². The minimum Gasteiger partial charge on any atom is -0.272 e. The smallest absolute Gasteiger partial charge is 0.248 e. The normalized spacial score (nSPS) is 11.1. The molecule has 0 fully saturated rings. The molecule has 1 aromatic heterocycles. The Hall–Kier alpha value is -2.59. The lowest BCUT2D eigenvalue weighted by molar-refractivity contribution is -0.125. The molecule has 0 bridgehead atoms. The topological polar surface area (TPSA) is 81.9 Å². The number of halogens is 1. The van der Waals surface area contributed by atoms with E-state index < -0.39 is 5.41 Å². The molecule has 6 nitrogen and oxygen atoms in total. The summed E-state index contributed by atoms with van der Waals surface area (Å²) in [6.45, 7) is 8.35. The third kappa shape index (κ3) is 4.98. The molecular weight excluding hydrogens is 361 g/mol. The summed E-state index contributed by atoms with van der Waals surface area (Å²) in [4.78, 5) is 21.4. The van der Waals surface area contributed by atoms with Gasteiger partial charge in [-0.1, -0.05) is 37.6 Å². The largest absolute Gasteiger partial charge is 0.272 e. The highest BCUT2D eigenvalue weighted by Crippen LogP contribution is 2.25. The van der Waals surface area contributed by atoms with E-state index >= 15 is 0 Å². The number of hydrogen-bond donors (Lipinski definition) is 1. The van der Waals surface area contributed by atoms with E-state index in [-0.39, 0.29) is 17.6 Å². The van der Waals surface area contributed by atoms with Crippen LogP contribution < -0.4 is 15.9 Å². The maximum atomic E-state index is 13.1. The van der Waals surface area contributed by atoms with Crippen LogP contribution in [0.2, 0.25) is 5.02 Å². The molecule has 8 heteroatoms. The van der Waals surface area contributed by atoms with Crippen molar-refractivity contribution in [2.75, 3.05) is 11.6 Å². The van der Waals surface area contributed by atoms with Gasteiger partial charge < -0.3 is 0 Å². The highest BCUT2D eigenvalue weighted by atomic mass is 35.5. The Bertz CT molecular complexity index is 861. The van der Waals surface area contributed by atoms with E-state index in [1.54, 1.807) is 23.3 Å². The number of nitrogens with one attached hydrogen (secondary N) is 1. The summed E-state index contributed by atoms with van der Waals surface area (Å²) in [5, 5.41) is 11.4. The van der Waals surface area contributed by atoms with Crippen molar-refractivity contribution < 1.29 is 4.79 Å². The number of carbonyl (C=O) groups excluding carboxylic acids is 1. The molecule has 0 radical (unpaired) electrons. The van der Waals surface area contributed by atoms with Gasteiger partial charge in [0, 0.05) is 17.8 Å². The van der Waals surface area contributed by atoms with Crippen molar-refractivity contribution in [1.82, 2.24) is 15.4 Å². The maximum Gasteiger partial charge on any atom is 0.248 e. The highest BCUT2D eigenvalue weighted by molar-refractivity contribution is 6.35. The van der Waals surface area contributed by atoms with Crippen molar-refractivity contribution in [3.8, 4) is 6.07 Å². The molecule has 0 atom stereocenters. The summed E-state index contributed by atoms with van der Waals surface area (Å²) in [7, 11) is 1.85. The molecule has 0 aliphatic heterocycles. The third-order valence-corrected chi connectivity index (χ3v) is 4.47. The molecule has 2 aromatic rings. The van der Waals surface area contributed by atoms with Crippen LogP contribution in [0.1, 0.15) is 39.1 Å². The molecule has 0 aliphatic rings. The van der Waals surface area contributed by atoms with Gasteiger partial charge in [-0.25, -0.2) is 9.97 Å². The molecule has 0 unspecified atom stereocenters. The second-order valence-corrected chi connectivity index (χ2v) is 7.83. The van der Waals surface area contributed by atoms with Crippen molar-refractivity contribution in [2.24, 2.45) is 5.92 Å². The monoisotopic (exact) mass is 383 g/mol. The SMILES string of the molecule is Bc1cnc(C#N)nc1N(CC(C)C)NC(=O)C(C)(C)c1ccc(Cl)cc1. The van der Waals surface area contributed by atoms with Gasteiger partial charge in [0.1, 0.15) is 19.7 Å². The predicted octanol–water partition coefficient (Wildman–Crippen LogP) is 1.73. The maximum absolute atomic E-state index is 13.1. The number of rotatable bonds is 6. The van der Waals surface area contributed by atoms with Crippen LogP contribution in [-0.2, 0) is 10.2 Å². The van der Waals surface area contributed by atoms with Gasteiger partial charge in [-0.05, 0) is 42.9 Å². The number of anilines is 1. The molecule has 0 saturated heterocycles. The van der Waals surface area contributed by atoms with E-state index in [0.717, 1.165) is 11.0 Å². The van der Waals surface area contributed by atoms with Gasteiger partial charge >= 0.3 is 0 Å². The zero-order chi connectivity index (χ0) is 20.2. The van der Waals surface area contributed by atoms with Crippen molar-refractivity contribution in [2.45, 2.75) is 33.1 Å². The second-order valence-electron chi connectivity index (χ2n) is 7.39. The van der Waals surface area contributed by atoms with Crippen LogP contribution in [0.15, 0.2) is 30.5 Å². The van der Waals surface area contributed by atoms with Crippen LogP contribution in [0.5, 0.6) is 0 Å². The van der Waals surface area contributed by atoms with Gasteiger partial charge in [-0.3, -0.25) is 15.2 Å². The van der Waals surface area contributed by atoms with Gasteiger partial charge in [0.25, 0.3) is 0 Å². The second kappa shape index (κ2) is 8.40. The third-order valence-electron chi connectivity index (χ3n) is 4.22. The first-order valence-corrected chi connectivity index (χ1v) is 9.11. The molecule has 140 valence electrons. The number of nitriles is 1. The molecular formula is C19H23BClN5O. The highest BCUT2D eigenvalue weighted by Gasteiger charge is 2.31. The van der Waals surface area contributed by atoms with Gasteiger partial charge in [-0.15, -0.1) is 0 Å². The number of amides is 1. The van der Waals surface area contributed by atoms with E-state index in [1.807, 2.05) is 53.7 Å². The standard InChI is InChI=1S/C19H23BClN5O/c1-12(2)11-26(17-15(20)10-23-16(9-22)24-17)25-18(27)19(3,4)13-5-7-14(21)8-6-13/h5-8,10,12H,11,20H2,1-4H3,(H,25,27). The molecule has 1 heterocycles. The van der Waals surface area contributed by atoms with E-state index in [0.29, 0.717) is 17.4 Å². The summed E-state index contributed by atoms with van der Waals surface area (Å²) in [5.41, 5.74) is 3.82. The number of benzene rings is 1.